The molecule has 2 saturated heterocycles. The van der Waals surface area contributed by atoms with Crippen molar-refractivity contribution in [3.05, 3.63) is 24.3 Å². The Kier molecular flexibility index (Phi) is 6.03. The number of amides is 2. The zero-order chi connectivity index (χ0) is 25.3. The summed E-state index contributed by atoms with van der Waals surface area (Å²) in [4.78, 5) is 33.2. The van der Waals surface area contributed by atoms with Crippen molar-refractivity contribution in [2.45, 2.75) is 44.3 Å². The highest BCUT2D eigenvalue weighted by Gasteiger charge is 2.67. The molecular formula is C28H36N4O4S. The summed E-state index contributed by atoms with van der Waals surface area (Å²) in [5.74, 6) is 0.350. The summed E-state index contributed by atoms with van der Waals surface area (Å²) >= 11 is 1.57. The molecule has 3 heterocycles. The van der Waals surface area contributed by atoms with Gasteiger partial charge in [-0.3, -0.25) is 19.4 Å². The van der Waals surface area contributed by atoms with Crippen LogP contribution in [0, 0.1) is 35.5 Å². The van der Waals surface area contributed by atoms with Crippen molar-refractivity contribution >= 4 is 39.3 Å². The number of aliphatic hydroxyl groups is 2. The van der Waals surface area contributed by atoms with Gasteiger partial charge in [0.15, 0.2) is 0 Å². The molecular weight excluding hydrogens is 488 g/mol. The van der Waals surface area contributed by atoms with E-state index in [0.717, 1.165) is 57.8 Å². The topological polar surface area (TPSA) is 97.2 Å². The highest BCUT2D eigenvalue weighted by atomic mass is 32.1. The smallest absolute Gasteiger partial charge is 0.233 e. The van der Waals surface area contributed by atoms with Crippen molar-refractivity contribution in [1.29, 1.82) is 0 Å². The van der Waals surface area contributed by atoms with Gasteiger partial charge in [0.2, 0.25) is 11.8 Å². The van der Waals surface area contributed by atoms with Crippen LogP contribution in [-0.2, 0) is 9.59 Å². The average Bonchev–Trinajstić information content (AvgIpc) is 3.65. The molecule has 9 heteroatoms. The van der Waals surface area contributed by atoms with E-state index in [-0.39, 0.29) is 23.7 Å². The molecule has 8 atom stereocenters. The second kappa shape index (κ2) is 9.29. The number of hydrogen-bond acceptors (Lipinski definition) is 8. The molecule has 7 rings (SSSR count). The first-order valence-electron chi connectivity index (χ1n) is 14.0. The van der Waals surface area contributed by atoms with Crippen LogP contribution >= 0.6 is 11.5 Å². The van der Waals surface area contributed by atoms with Gasteiger partial charge in [-0.25, -0.2) is 0 Å². The van der Waals surface area contributed by atoms with Crippen LogP contribution in [-0.4, -0.2) is 87.7 Å². The molecule has 37 heavy (non-hydrogen) atoms. The number of aromatic nitrogens is 1. The lowest BCUT2D eigenvalue weighted by Gasteiger charge is -2.40. The molecule has 5 aliphatic rings. The first kappa shape index (κ1) is 24.0. The Labute approximate surface area is 221 Å². The van der Waals surface area contributed by atoms with Crippen molar-refractivity contribution in [3.8, 4) is 0 Å². The van der Waals surface area contributed by atoms with E-state index in [4.69, 9.17) is 4.37 Å². The van der Waals surface area contributed by atoms with Crippen LogP contribution in [0.25, 0.3) is 10.1 Å². The lowest BCUT2D eigenvalue weighted by atomic mass is 9.78. The second-order valence-electron chi connectivity index (χ2n) is 12.0. The average molecular weight is 525 g/mol. The zero-order valence-electron chi connectivity index (χ0n) is 21.1. The number of anilines is 1. The molecule has 8 nitrogen and oxygen atoms in total. The first-order chi connectivity index (χ1) is 18.0. The van der Waals surface area contributed by atoms with E-state index in [1.807, 2.05) is 0 Å². The summed E-state index contributed by atoms with van der Waals surface area (Å²) in [5.41, 5.74) is 0. The van der Waals surface area contributed by atoms with Gasteiger partial charge < -0.3 is 15.1 Å². The maximum Gasteiger partial charge on any atom is 0.233 e. The summed E-state index contributed by atoms with van der Waals surface area (Å²) in [5, 5.41) is 22.0. The molecule has 198 valence electrons. The standard InChI is InChI=1S/C28H36N4O4S/c33-24-19-13-20(25(24)34)23-22(19)27(35)32(28(23)36)15-17-6-2-1-5-16(17)14-30-9-11-31(12-10-30)26-18-7-3-4-8-21(18)37-29-26/h3-4,7-8,16-17,19-20,22-25,33-34H,1-2,5-6,9-15H2/t16-,17-,19?,20?,22?,23?,24?,25?/m0/s1. The van der Waals surface area contributed by atoms with Crippen LogP contribution in [0.2, 0.25) is 0 Å². The molecule has 2 aliphatic heterocycles. The van der Waals surface area contributed by atoms with Gasteiger partial charge in [-0.2, -0.15) is 4.37 Å². The maximum atomic E-state index is 13.3. The molecule has 0 radical (unpaired) electrons. The number of fused-ring (bicyclic) bond motifs is 6. The lowest BCUT2D eigenvalue weighted by Crippen LogP contribution is -2.49. The summed E-state index contributed by atoms with van der Waals surface area (Å²) in [6.45, 7) is 5.45. The Morgan fingerprint density at radius 3 is 2.16 bits per heavy atom. The van der Waals surface area contributed by atoms with Gasteiger partial charge in [0.25, 0.3) is 0 Å². The van der Waals surface area contributed by atoms with Crippen molar-refractivity contribution in [2.24, 2.45) is 35.5 Å². The van der Waals surface area contributed by atoms with Crippen LogP contribution in [0.1, 0.15) is 32.1 Å². The fourth-order valence-corrected chi connectivity index (χ4v) is 9.04. The Morgan fingerprint density at radius 1 is 0.865 bits per heavy atom. The number of aliphatic hydroxyl groups excluding tert-OH is 2. The van der Waals surface area contributed by atoms with Crippen molar-refractivity contribution in [3.63, 3.8) is 0 Å². The Hall–Kier alpha value is -2.07. The van der Waals surface area contributed by atoms with Gasteiger partial charge in [0.05, 0.1) is 28.7 Å². The molecule has 0 spiro atoms. The van der Waals surface area contributed by atoms with E-state index in [0.29, 0.717) is 24.8 Å². The van der Waals surface area contributed by atoms with E-state index in [1.165, 1.54) is 21.4 Å². The first-order valence-corrected chi connectivity index (χ1v) is 14.8. The summed E-state index contributed by atoms with van der Waals surface area (Å²) in [6.07, 6.45) is 3.42. The summed E-state index contributed by atoms with van der Waals surface area (Å²) in [6, 6.07) is 8.44. The highest BCUT2D eigenvalue weighted by molar-refractivity contribution is 7.13. The van der Waals surface area contributed by atoms with Gasteiger partial charge in [-0.1, -0.05) is 25.0 Å². The number of nitrogens with zero attached hydrogens (tertiary/aromatic N) is 4. The van der Waals surface area contributed by atoms with E-state index >= 15 is 0 Å². The zero-order valence-corrected chi connectivity index (χ0v) is 21.9. The predicted molar refractivity (Wildman–Crippen MR) is 141 cm³/mol. The lowest BCUT2D eigenvalue weighted by molar-refractivity contribution is -0.142. The third-order valence-corrected chi connectivity index (χ3v) is 11.0. The van der Waals surface area contributed by atoms with Crippen molar-refractivity contribution in [1.82, 2.24) is 14.2 Å². The van der Waals surface area contributed by atoms with Crippen LogP contribution in [0.5, 0.6) is 0 Å². The minimum atomic E-state index is -0.869. The normalized spacial score (nSPS) is 38.2. The van der Waals surface area contributed by atoms with Crippen LogP contribution < -0.4 is 4.90 Å². The van der Waals surface area contributed by atoms with Gasteiger partial charge in [0.1, 0.15) is 5.82 Å². The molecule has 2 aromatic rings. The van der Waals surface area contributed by atoms with E-state index in [2.05, 4.69) is 34.1 Å². The van der Waals surface area contributed by atoms with E-state index in [9.17, 15) is 19.8 Å². The number of carbonyl (C=O) groups excluding carboxylic acids is 2. The second-order valence-corrected chi connectivity index (χ2v) is 12.8. The van der Waals surface area contributed by atoms with Crippen molar-refractivity contribution < 1.29 is 19.8 Å². The fraction of sp³-hybridized carbons (Fsp3) is 0.679. The molecule has 3 saturated carbocycles. The maximum absolute atomic E-state index is 13.3. The molecule has 2 amide bonds. The monoisotopic (exact) mass is 524 g/mol. The number of hydrogen-bond donors (Lipinski definition) is 2. The Balaban J connectivity index is 0.991. The van der Waals surface area contributed by atoms with E-state index < -0.39 is 24.0 Å². The largest absolute Gasteiger partial charge is 0.390 e. The minimum Gasteiger partial charge on any atom is -0.390 e. The number of piperazine rings is 1. The van der Waals surface area contributed by atoms with Crippen LogP contribution in [0.4, 0.5) is 5.82 Å². The Bertz CT molecular complexity index is 1160. The molecule has 5 fully saturated rings. The number of rotatable bonds is 5. The van der Waals surface area contributed by atoms with Crippen LogP contribution in [0.3, 0.4) is 0 Å². The highest BCUT2D eigenvalue weighted by Crippen LogP contribution is 2.56. The molecule has 2 N–H and O–H groups in total. The van der Waals surface area contributed by atoms with Crippen LogP contribution in [0.15, 0.2) is 24.3 Å². The predicted octanol–water partition coefficient (Wildman–Crippen LogP) is 2.20. The molecule has 3 aliphatic carbocycles. The third kappa shape index (κ3) is 3.84. The van der Waals surface area contributed by atoms with E-state index in [1.54, 1.807) is 11.5 Å². The number of imide groups is 1. The minimum absolute atomic E-state index is 0.0955. The van der Waals surface area contributed by atoms with Gasteiger partial charge in [0, 0.05) is 56.5 Å². The molecule has 6 unspecified atom stereocenters. The third-order valence-electron chi connectivity index (χ3n) is 10.2. The SMILES string of the molecule is O=C1C2C3CC(C(O)C3O)C2C(=O)N1C[C@@H]1CCCC[C@H]1CN1CCN(c2nsc3ccccc23)CC1. The van der Waals surface area contributed by atoms with Gasteiger partial charge in [-0.05, 0) is 54.8 Å². The number of benzene rings is 1. The number of likely N-dealkylation sites (tertiary alicyclic amines) is 1. The molecule has 2 bridgehead atoms. The molecule has 1 aromatic carbocycles. The van der Waals surface area contributed by atoms with Crippen molar-refractivity contribution in [2.75, 3.05) is 44.2 Å². The van der Waals surface area contributed by atoms with Gasteiger partial charge >= 0.3 is 0 Å². The summed E-state index contributed by atoms with van der Waals surface area (Å²) < 4.78 is 5.97. The Morgan fingerprint density at radius 2 is 1.49 bits per heavy atom. The summed E-state index contributed by atoms with van der Waals surface area (Å²) in [7, 11) is 0. The quantitative estimate of drug-likeness (QED) is 0.579. The number of carbonyl (C=O) groups is 2. The fourth-order valence-electron chi connectivity index (χ4n) is 8.25. The molecule has 1 aromatic heterocycles. The van der Waals surface area contributed by atoms with Gasteiger partial charge in [-0.15, -0.1) is 0 Å².